The summed E-state index contributed by atoms with van der Waals surface area (Å²) in [5.41, 5.74) is 5.96. The van der Waals surface area contributed by atoms with E-state index in [0.29, 0.717) is 5.69 Å². The van der Waals surface area contributed by atoms with Gasteiger partial charge in [-0.15, -0.1) is 0 Å². The van der Waals surface area contributed by atoms with E-state index < -0.39 is 0 Å². The van der Waals surface area contributed by atoms with Gasteiger partial charge in [-0.2, -0.15) is 0 Å². The maximum Gasteiger partial charge on any atom is 0.146 e. The number of anilines is 1. The third-order valence-corrected chi connectivity index (χ3v) is 1.93. The van der Waals surface area contributed by atoms with Crippen LogP contribution in [-0.4, -0.2) is 5.11 Å². The second kappa shape index (κ2) is 3.35. The van der Waals surface area contributed by atoms with E-state index in [0.717, 1.165) is 10.8 Å². The molecule has 2 aromatic rings. The Morgan fingerprint density at radius 1 is 1.00 bits per heavy atom. The molecule has 68 valence electrons. The van der Waals surface area contributed by atoms with Crippen molar-refractivity contribution in [3.63, 3.8) is 0 Å². The van der Waals surface area contributed by atoms with Crippen molar-refractivity contribution in [3.8, 4) is 5.75 Å². The van der Waals surface area contributed by atoms with E-state index >= 15 is 0 Å². The Kier molecular flexibility index (Phi) is 2.42. The quantitative estimate of drug-likeness (QED) is 0.477. The average Bonchev–Trinajstić information content (AvgIpc) is 2.12. The van der Waals surface area contributed by atoms with Crippen molar-refractivity contribution in [2.45, 2.75) is 7.43 Å². The second-order valence-corrected chi connectivity index (χ2v) is 2.72. The van der Waals surface area contributed by atoms with Crippen molar-refractivity contribution >= 4 is 16.5 Å². The summed E-state index contributed by atoms with van der Waals surface area (Å²) in [5.74, 6) is 0.174. The lowest BCUT2D eigenvalue weighted by Gasteiger charge is -2.02. The summed E-state index contributed by atoms with van der Waals surface area (Å²) in [6.07, 6.45) is 0. The van der Waals surface area contributed by atoms with Crippen LogP contribution in [0.2, 0.25) is 0 Å². The van der Waals surface area contributed by atoms with Crippen LogP contribution in [0.25, 0.3) is 10.8 Å². The van der Waals surface area contributed by atoms with Crippen LogP contribution in [0.1, 0.15) is 7.43 Å². The van der Waals surface area contributed by atoms with Gasteiger partial charge < -0.3 is 10.8 Å². The Morgan fingerprint density at radius 3 is 2.46 bits per heavy atom. The number of rotatable bonds is 0. The van der Waals surface area contributed by atoms with Crippen molar-refractivity contribution in [2.24, 2.45) is 0 Å². The van der Waals surface area contributed by atoms with Crippen LogP contribution in [-0.2, 0) is 0 Å². The summed E-state index contributed by atoms with van der Waals surface area (Å²) in [5, 5.41) is 11.3. The van der Waals surface area contributed by atoms with E-state index in [1.807, 2.05) is 30.3 Å². The van der Waals surface area contributed by atoms with Crippen molar-refractivity contribution < 1.29 is 5.11 Å². The first-order valence-electron chi connectivity index (χ1n) is 3.75. The number of nitrogens with two attached hydrogens (primary N) is 1. The van der Waals surface area contributed by atoms with Crippen LogP contribution in [0.4, 0.5) is 5.69 Å². The number of aromatic hydroxyl groups is 1. The van der Waals surface area contributed by atoms with E-state index in [-0.39, 0.29) is 13.2 Å². The molecule has 0 aromatic heterocycles. The zero-order chi connectivity index (χ0) is 8.55. The number of hydrogen-bond acceptors (Lipinski definition) is 2. The van der Waals surface area contributed by atoms with Gasteiger partial charge in [0.15, 0.2) is 0 Å². The fraction of sp³-hybridized carbons (Fsp3) is 0.0909. The van der Waals surface area contributed by atoms with Crippen LogP contribution >= 0.6 is 0 Å². The van der Waals surface area contributed by atoms with Gasteiger partial charge in [0.2, 0.25) is 0 Å². The summed E-state index contributed by atoms with van der Waals surface area (Å²) in [6.45, 7) is 0. The molecule has 0 saturated carbocycles. The standard InChI is InChI=1S/C10H9NO.CH4/c11-9-6-5-7-3-1-2-4-8(7)10(9)12;/h1-6,12H,11H2;1H4. The topological polar surface area (TPSA) is 46.2 Å². The van der Waals surface area contributed by atoms with Crippen LogP contribution in [0.3, 0.4) is 0 Å². The van der Waals surface area contributed by atoms with Crippen molar-refractivity contribution in [3.05, 3.63) is 36.4 Å². The van der Waals surface area contributed by atoms with E-state index in [2.05, 4.69) is 0 Å². The van der Waals surface area contributed by atoms with Gasteiger partial charge in [-0.1, -0.05) is 37.8 Å². The first-order chi connectivity index (χ1) is 5.79. The first kappa shape index (κ1) is 9.39. The number of phenolic OH excluding ortho intramolecular Hbond substituents is 1. The number of phenols is 1. The van der Waals surface area contributed by atoms with Gasteiger partial charge in [0.25, 0.3) is 0 Å². The molecule has 3 N–H and O–H groups in total. The summed E-state index contributed by atoms with van der Waals surface area (Å²) >= 11 is 0. The zero-order valence-electron chi connectivity index (χ0n) is 6.49. The maximum atomic E-state index is 9.53. The molecule has 2 aromatic carbocycles. The molecule has 0 heterocycles. The van der Waals surface area contributed by atoms with Gasteiger partial charge in [0, 0.05) is 5.39 Å². The Hall–Kier alpha value is -1.70. The lowest BCUT2D eigenvalue weighted by molar-refractivity contribution is 0.484. The van der Waals surface area contributed by atoms with Crippen molar-refractivity contribution in [1.29, 1.82) is 0 Å². The molecule has 2 heteroatoms. The molecule has 2 rings (SSSR count). The molecular weight excluding hydrogens is 162 g/mol. The second-order valence-electron chi connectivity index (χ2n) is 2.72. The maximum absolute atomic E-state index is 9.53. The number of hydrogen-bond donors (Lipinski definition) is 2. The SMILES string of the molecule is C.Nc1ccc2ccccc2c1O. The van der Waals surface area contributed by atoms with E-state index in [1.165, 1.54) is 0 Å². The van der Waals surface area contributed by atoms with Crippen molar-refractivity contribution in [1.82, 2.24) is 0 Å². The van der Waals surface area contributed by atoms with Crippen molar-refractivity contribution in [2.75, 3.05) is 5.73 Å². The summed E-state index contributed by atoms with van der Waals surface area (Å²) in [4.78, 5) is 0. The zero-order valence-corrected chi connectivity index (χ0v) is 6.49. The third-order valence-electron chi connectivity index (χ3n) is 1.93. The summed E-state index contributed by atoms with van der Waals surface area (Å²) < 4.78 is 0. The minimum Gasteiger partial charge on any atom is -0.505 e. The van der Waals surface area contributed by atoms with E-state index in [9.17, 15) is 5.11 Å². The average molecular weight is 175 g/mol. The lowest BCUT2D eigenvalue weighted by atomic mass is 10.1. The van der Waals surface area contributed by atoms with Crippen LogP contribution in [0.15, 0.2) is 36.4 Å². The molecule has 0 saturated heterocycles. The largest absolute Gasteiger partial charge is 0.505 e. The highest BCUT2D eigenvalue weighted by Crippen LogP contribution is 2.29. The molecule has 0 spiro atoms. The third kappa shape index (κ3) is 1.43. The lowest BCUT2D eigenvalue weighted by Crippen LogP contribution is -1.85. The summed E-state index contributed by atoms with van der Waals surface area (Å²) in [6, 6.07) is 11.2. The molecular formula is C11H13NO. The van der Waals surface area contributed by atoms with Crippen LogP contribution < -0.4 is 5.73 Å². The molecule has 2 nitrogen and oxygen atoms in total. The highest BCUT2D eigenvalue weighted by Gasteiger charge is 2.00. The van der Waals surface area contributed by atoms with Gasteiger partial charge in [0.1, 0.15) is 5.75 Å². The Labute approximate surface area is 77.6 Å². The molecule has 0 fully saturated rings. The Bertz CT molecular complexity index is 423. The molecule has 0 amide bonds. The van der Waals surface area contributed by atoms with Crippen LogP contribution in [0, 0.1) is 0 Å². The number of fused-ring (bicyclic) bond motifs is 1. The predicted octanol–water partition coefficient (Wildman–Crippen LogP) is 2.76. The Balaban J connectivity index is 0.000000845. The van der Waals surface area contributed by atoms with Gasteiger partial charge in [-0.3, -0.25) is 0 Å². The summed E-state index contributed by atoms with van der Waals surface area (Å²) in [7, 11) is 0. The molecule has 0 atom stereocenters. The highest BCUT2D eigenvalue weighted by atomic mass is 16.3. The van der Waals surface area contributed by atoms with Crippen LogP contribution in [0.5, 0.6) is 5.75 Å². The number of nitrogen functional groups attached to an aromatic ring is 1. The smallest absolute Gasteiger partial charge is 0.146 e. The molecule has 0 aliphatic rings. The minimum atomic E-state index is 0. The minimum absolute atomic E-state index is 0. The normalized spacial score (nSPS) is 9.54. The molecule has 0 bridgehead atoms. The first-order valence-corrected chi connectivity index (χ1v) is 3.75. The van der Waals surface area contributed by atoms with Gasteiger partial charge in [-0.25, -0.2) is 0 Å². The van der Waals surface area contributed by atoms with Gasteiger partial charge in [0.05, 0.1) is 5.69 Å². The van der Waals surface area contributed by atoms with E-state index in [4.69, 9.17) is 5.73 Å². The number of benzene rings is 2. The van der Waals surface area contributed by atoms with Gasteiger partial charge >= 0.3 is 0 Å². The fourth-order valence-electron chi connectivity index (χ4n) is 1.27. The molecule has 0 radical (unpaired) electrons. The molecule has 0 unspecified atom stereocenters. The predicted molar refractivity (Wildman–Crippen MR) is 56.8 cm³/mol. The Morgan fingerprint density at radius 2 is 1.69 bits per heavy atom. The molecule has 0 aliphatic heterocycles. The fourth-order valence-corrected chi connectivity index (χ4v) is 1.27. The molecule has 13 heavy (non-hydrogen) atoms. The molecule has 0 aliphatic carbocycles. The monoisotopic (exact) mass is 175 g/mol. The van der Waals surface area contributed by atoms with E-state index in [1.54, 1.807) is 6.07 Å². The van der Waals surface area contributed by atoms with Gasteiger partial charge in [-0.05, 0) is 11.5 Å². The highest BCUT2D eigenvalue weighted by molar-refractivity contribution is 5.92.